The molecule has 0 spiro atoms. The predicted molar refractivity (Wildman–Crippen MR) is 46.3 cm³/mol. The third kappa shape index (κ3) is 2.18. The topological polar surface area (TPSA) is 0 Å². The van der Waals surface area contributed by atoms with E-state index in [9.17, 15) is 4.39 Å². The molecule has 0 heterocycles. The van der Waals surface area contributed by atoms with Crippen LogP contribution in [0, 0.1) is 11.3 Å². The van der Waals surface area contributed by atoms with E-state index in [2.05, 4.69) is 20.8 Å². The number of hydrogen-bond donors (Lipinski definition) is 0. The number of hydrogen-bond acceptors (Lipinski definition) is 0. The van der Waals surface area contributed by atoms with Crippen LogP contribution >= 0.6 is 0 Å². The molecule has 2 unspecified atom stereocenters. The smallest absolute Gasteiger partial charge is 0.103 e. The van der Waals surface area contributed by atoms with Crippen LogP contribution in [0.5, 0.6) is 0 Å². The lowest BCUT2D eigenvalue weighted by Gasteiger charge is -2.36. The van der Waals surface area contributed by atoms with Crippen molar-refractivity contribution in [1.29, 1.82) is 0 Å². The van der Waals surface area contributed by atoms with Crippen molar-refractivity contribution in [2.24, 2.45) is 11.3 Å². The van der Waals surface area contributed by atoms with Crippen LogP contribution in [0.15, 0.2) is 0 Å². The summed E-state index contributed by atoms with van der Waals surface area (Å²) in [5.41, 5.74) is 0.167. The van der Waals surface area contributed by atoms with Gasteiger partial charge in [0.05, 0.1) is 0 Å². The highest BCUT2D eigenvalue weighted by Crippen LogP contribution is 2.39. The zero-order chi connectivity index (χ0) is 8.48. The Morgan fingerprint density at radius 2 is 1.64 bits per heavy atom. The fraction of sp³-hybridized carbons (Fsp3) is 1.00. The predicted octanol–water partition coefficient (Wildman–Crippen LogP) is 3.56. The Bertz CT molecular complexity index is 123. The van der Waals surface area contributed by atoms with Gasteiger partial charge in [0.1, 0.15) is 6.17 Å². The van der Waals surface area contributed by atoms with Crippen molar-refractivity contribution < 1.29 is 4.39 Å². The van der Waals surface area contributed by atoms with Gasteiger partial charge in [-0.05, 0) is 24.2 Å². The molecule has 1 saturated carbocycles. The first-order chi connectivity index (χ1) is 5.02. The Labute approximate surface area is 69.2 Å². The summed E-state index contributed by atoms with van der Waals surface area (Å²) in [4.78, 5) is 0. The number of alkyl halides is 1. The van der Waals surface area contributed by atoms with Gasteiger partial charge in [0, 0.05) is 0 Å². The monoisotopic (exact) mass is 158 g/mol. The molecule has 2 atom stereocenters. The summed E-state index contributed by atoms with van der Waals surface area (Å²) in [6.45, 7) is 6.45. The summed E-state index contributed by atoms with van der Waals surface area (Å²) in [6.07, 6.45) is 3.66. The molecule has 0 aromatic heterocycles. The van der Waals surface area contributed by atoms with Crippen LogP contribution in [-0.2, 0) is 0 Å². The molecule has 1 aliphatic rings. The highest BCUT2D eigenvalue weighted by atomic mass is 19.1. The highest BCUT2D eigenvalue weighted by Gasteiger charge is 2.33. The average molecular weight is 158 g/mol. The van der Waals surface area contributed by atoms with Crippen LogP contribution in [0.4, 0.5) is 4.39 Å². The fourth-order valence-electron chi connectivity index (χ4n) is 2.06. The minimum absolute atomic E-state index is 0.167. The molecule has 0 aliphatic heterocycles. The van der Waals surface area contributed by atoms with Crippen LogP contribution in [0.2, 0.25) is 0 Å². The maximum Gasteiger partial charge on any atom is 0.103 e. The van der Waals surface area contributed by atoms with E-state index in [0.29, 0.717) is 5.92 Å². The van der Waals surface area contributed by atoms with E-state index < -0.39 is 6.17 Å². The molecular weight excluding hydrogens is 139 g/mol. The Morgan fingerprint density at radius 1 is 1.09 bits per heavy atom. The first kappa shape index (κ1) is 9.02. The minimum Gasteiger partial charge on any atom is -0.247 e. The lowest BCUT2D eigenvalue weighted by Crippen LogP contribution is -2.32. The average Bonchev–Trinajstić information content (AvgIpc) is 1.86. The van der Waals surface area contributed by atoms with Crippen LogP contribution in [0.1, 0.15) is 46.5 Å². The lowest BCUT2D eigenvalue weighted by molar-refractivity contribution is 0.0738. The SMILES string of the molecule is CC(C)(C)C1CCCCC1F. The molecule has 1 fully saturated rings. The van der Waals surface area contributed by atoms with E-state index in [1.54, 1.807) is 0 Å². The first-order valence-corrected chi connectivity index (χ1v) is 4.66. The zero-order valence-corrected chi connectivity index (χ0v) is 7.86. The van der Waals surface area contributed by atoms with Gasteiger partial charge < -0.3 is 0 Å². The van der Waals surface area contributed by atoms with Crippen molar-refractivity contribution in [3.05, 3.63) is 0 Å². The largest absolute Gasteiger partial charge is 0.247 e. The van der Waals surface area contributed by atoms with Crippen molar-refractivity contribution >= 4 is 0 Å². The second kappa shape index (κ2) is 3.12. The molecule has 1 heteroatoms. The summed E-state index contributed by atoms with van der Waals surface area (Å²) in [7, 11) is 0. The summed E-state index contributed by atoms with van der Waals surface area (Å²) < 4.78 is 13.3. The van der Waals surface area contributed by atoms with Gasteiger partial charge in [-0.25, -0.2) is 4.39 Å². The molecule has 0 aromatic rings. The Hall–Kier alpha value is -0.0700. The van der Waals surface area contributed by atoms with Crippen molar-refractivity contribution in [2.45, 2.75) is 52.6 Å². The van der Waals surface area contributed by atoms with Gasteiger partial charge in [-0.2, -0.15) is 0 Å². The highest BCUT2D eigenvalue weighted by molar-refractivity contribution is 4.83. The zero-order valence-electron chi connectivity index (χ0n) is 7.86. The van der Waals surface area contributed by atoms with E-state index in [-0.39, 0.29) is 5.41 Å². The molecule has 1 rings (SSSR count). The van der Waals surface area contributed by atoms with Gasteiger partial charge in [-0.3, -0.25) is 0 Å². The quantitative estimate of drug-likeness (QED) is 0.505. The molecule has 0 bridgehead atoms. The third-order valence-corrected chi connectivity index (χ3v) is 2.79. The molecule has 0 radical (unpaired) electrons. The van der Waals surface area contributed by atoms with E-state index in [1.807, 2.05) is 0 Å². The molecule has 0 nitrogen and oxygen atoms in total. The van der Waals surface area contributed by atoms with Crippen molar-refractivity contribution in [3.63, 3.8) is 0 Å². The van der Waals surface area contributed by atoms with Crippen LogP contribution in [0.3, 0.4) is 0 Å². The number of halogens is 1. The van der Waals surface area contributed by atoms with Crippen LogP contribution in [0.25, 0.3) is 0 Å². The molecule has 0 saturated heterocycles. The standard InChI is InChI=1S/C10H19F/c1-10(2,3)8-6-4-5-7-9(8)11/h8-9H,4-7H2,1-3H3. The summed E-state index contributed by atoms with van der Waals surface area (Å²) in [5.74, 6) is 0.302. The Kier molecular flexibility index (Phi) is 2.56. The van der Waals surface area contributed by atoms with E-state index in [0.717, 1.165) is 19.3 Å². The lowest BCUT2D eigenvalue weighted by atomic mass is 9.71. The fourth-order valence-corrected chi connectivity index (χ4v) is 2.06. The second-order valence-electron chi connectivity index (χ2n) is 4.77. The summed E-state index contributed by atoms with van der Waals surface area (Å²) in [6, 6.07) is 0. The van der Waals surface area contributed by atoms with Crippen molar-refractivity contribution in [3.8, 4) is 0 Å². The number of rotatable bonds is 0. The molecule has 0 aromatic carbocycles. The van der Waals surface area contributed by atoms with Crippen LogP contribution in [-0.4, -0.2) is 6.17 Å². The van der Waals surface area contributed by atoms with Gasteiger partial charge in [0.2, 0.25) is 0 Å². The normalized spacial score (nSPS) is 33.8. The van der Waals surface area contributed by atoms with Crippen LogP contribution < -0.4 is 0 Å². The van der Waals surface area contributed by atoms with E-state index >= 15 is 0 Å². The third-order valence-electron chi connectivity index (χ3n) is 2.79. The van der Waals surface area contributed by atoms with Gasteiger partial charge in [-0.15, -0.1) is 0 Å². The Morgan fingerprint density at radius 3 is 2.00 bits per heavy atom. The van der Waals surface area contributed by atoms with Crippen molar-refractivity contribution in [1.82, 2.24) is 0 Å². The minimum atomic E-state index is -0.538. The van der Waals surface area contributed by atoms with Gasteiger partial charge in [0.25, 0.3) is 0 Å². The van der Waals surface area contributed by atoms with E-state index in [4.69, 9.17) is 0 Å². The molecule has 1 aliphatic carbocycles. The maximum atomic E-state index is 13.3. The Balaban J connectivity index is 2.55. The van der Waals surface area contributed by atoms with Crippen molar-refractivity contribution in [2.75, 3.05) is 0 Å². The summed E-state index contributed by atoms with van der Waals surface area (Å²) >= 11 is 0. The van der Waals surface area contributed by atoms with E-state index in [1.165, 1.54) is 6.42 Å². The first-order valence-electron chi connectivity index (χ1n) is 4.66. The molecular formula is C10H19F. The molecule has 0 amide bonds. The molecule has 0 N–H and O–H groups in total. The van der Waals surface area contributed by atoms with Gasteiger partial charge in [-0.1, -0.05) is 33.6 Å². The summed E-state index contributed by atoms with van der Waals surface area (Å²) in [5, 5.41) is 0. The second-order valence-corrected chi connectivity index (χ2v) is 4.77. The maximum absolute atomic E-state index is 13.3. The molecule has 66 valence electrons. The van der Waals surface area contributed by atoms with Gasteiger partial charge >= 0.3 is 0 Å². The molecule has 11 heavy (non-hydrogen) atoms. The van der Waals surface area contributed by atoms with Gasteiger partial charge in [0.15, 0.2) is 0 Å².